The summed E-state index contributed by atoms with van der Waals surface area (Å²) in [6, 6.07) is 8.25. The van der Waals surface area contributed by atoms with Crippen LogP contribution in [0.5, 0.6) is 0 Å². The molecular formula is C21H26N4O4. The number of nitrogens with zero attached hydrogens (tertiary/aromatic N) is 2. The fraction of sp³-hybridized carbons (Fsp3) is 0.429. The maximum Gasteiger partial charge on any atom is 0.338 e. The Morgan fingerprint density at radius 1 is 1.10 bits per heavy atom. The number of hydrogen-bond acceptors (Lipinski definition) is 5. The van der Waals surface area contributed by atoms with E-state index in [-0.39, 0.29) is 6.04 Å². The van der Waals surface area contributed by atoms with Crippen LogP contribution in [0.25, 0.3) is 5.69 Å². The highest BCUT2D eigenvalue weighted by molar-refractivity contribution is 5.97. The SMILES string of the molecule is Cc1cc(C)n(-c2ccc(C(=O)OCC(=O)NC(=O)NC3CCCCC3)cc2)n1. The van der Waals surface area contributed by atoms with Gasteiger partial charge in [0.1, 0.15) is 0 Å². The summed E-state index contributed by atoms with van der Waals surface area (Å²) in [5.74, 6) is -1.29. The molecule has 29 heavy (non-hydrogen) atoms. The molecule has 0 unspecified atom stereocenters. The second-order valence-electron chi connectivity index (χ2n) is 7.32. The Kier molecular flexibility index (Phi) is 6.64. The van der Waals surface area contributed by atoms with Crippen LogP contribution in [0, 0.1) is 13.8 Å². The van der Waals surface area contributed by atoms with Crippen molar-refractivity contribution in [3.63, 3.8) is 0 Å². The zero-order valence-corrected chi connectivity index (χ0v) is 16.7. The summed E-state index contributed by atoms with van der Waals surface area (Å²) in [5.41, 5.74) is 3.03. The van der Waals surface area contributed by atoms with Crippen LogP contribution in [-0.4, -0.2) is 40.3 Å². The molecule has 0 saturated heterocycles. The maximum absolute atomic E-state index is 12.1. The van der Waals surface area contributed by atoms with Crippen LogP contribution in [0.2, 0.25) is 0 Å². The predicted molar refractivity (Wildman–Crippen MR) is 107 cm³/mol. The summed E-state index contributed by atoms with van der Waals surface area (Å²) >= 11 is 0. The van der Waals surface area contributed by atoms with Crippen LogP contribution in [0.15, 0.2) is 30.3 Å². The molecule has 2 aromatic rings. The third kappa shape index (κ3) is 5.66. The van der Waals surface area contributed by atoms with E-state index in [4.69, 9.17) is 4.74 Å². The number of ether oxygens (including phenoxy) is 1. The highest BCUT2D eigenvalue weighted by Crippen LogP contribution is 2.17. The average Bonchev–Trinajstić information content (AvgIpc) is 3.05. The van der Waals surface area contributed by atoms with Gasteiger partial charge in [0, 0.05) is 11.7 Å². The highest BCUT2D eigenvalue weighted by atomic mass is 16.5. The van der Waals surface area contributed by atoms with Crippen molar-refractivity contribution >= 4 is 17.9 Å². The van der Waals surface area contributed by atoms with Crippen LogP contribution in [0.1, 0.15) is 53.8 Å². The molecule has 3 amide bonds. The maximum atomic E-state index is 12.1. The Morgan fingerprint density at radius 3 is 2.41 bits per heavy atom. The number of benzene rings is 1. The Morgan fingerprint density at radius 2 is 1.79 bits per heavy atom. The number of carbonyl (C=O) groups is 3. The molecule has 0 spiro atoms. The number of aromatic nitrogens is 2. The topological polar surface area (TPSA) is 102 Å². The van der Waals surface area contributed by atoms with Gasteiger partial charge in [0.2, 0.25) is 0 Å². The number of aryl methyl sites for hydroxylation is 2. The van der Waals surface area contributed by atoms with E-state index in [2.05, 4.69) is 15.7 Å². The Labute approximate surface area is 169 Å². The minimum absolute atomic E-state index is 0.0971. The monoisotopic (exact) mass is 398 g/mol. The molecule has 0 radical (unpaired) electrons. The molecule has 1 aliphatic carbocycles. The molecule has 8 nitrogen and oxygen atoms in total. The first-order valence-corrected chi connectivity index (χ1v) is 9.83. The summed E-state index contributed by atoms with van der Waals surface area (Å²) in [6.07, 6.45) is 5.18. The normalized spacial score (nSPS) is 14.3. The first kappa shape index (κ1) is 20.6. The number of esters is 1. The molecule has 1 aliphatic rings. The quantitative estimate of drug-likeness (QED) is 0.754. The number of urea groups is 1. The lowest BCUT2D eigenvalue weighted by molar-refractivity contribution is -0.123. The molecule has 1 heterocycles. The van der Waals surface area contributed by atoms with Crippen molar-refractivity contribution in [2.45, 2.75) is 52.0 Å². The fourth-order valence-electron chi connectivity index (χ4n) is 3.47. The van der Waals surface area contributed by atoms with Crippen molar-refractivity contribution in [3.8, 4) is 5.69 Å². The largest absolute Gasteiger partial charge is 0.452 e. The average molecular weight is 398 g/mol. The van der Waals surface area contributed by atoms with Crippen LogP contribution in [-0.2, 0) is 9.53 Å². The van der Waals surface area contributed by atoms with Gasteiger partial charge in [-0.15, -0.1) is 0 Å². The smallest absolute Gasteiger partial charge is 0.338 e. The van der Waals surface area contributed by atoms with Gasteiger partial charge in [-0.05, 0) is 57.0 Å². The second kappa shape index (κ2) is 9.36. The van der Waals surface area contributed by atoms with Crippen molar-refractivity contribution in [3.05, 3.63) is 47.3 Å². The molecule has 1 aromatic carbocycles. The van der Waals surface area contributed by atoms with Gasteiger partial charge in [0.25, 0.3) is 5.91 Å². The molecule has 0 bridgehead atoms. The number of nitrogens with one attached hydrogen (secondary N) is 2. The molecule has 8 heteroatoms. The molecule has 154 valence electrons. The fourth-order valence-corrected chi connectivity index (χ4v) is 3.47. The third-order valence-corrected chi connectivity index (χ3v) is 4.88. The van der Waals surface area contributed by atoms with Crippen molar-refractivity contribution in [2.24, 2.45) is 0 Å². The molecule has 1 aromatic heterocycles. The van der Waals surface area contributed by atoms with Gasteiger partial charge in [0.05, 0.1) is 16.9 Å². The van der Waals surface area contributed by atoms with Crippen molar-refractivity contribution in [1.29, 1.82) is 0 Å². The first-order valence-electron chi connectivity index (χ1n) is 9.83. The number of hydrogen-bond donors (Lipinski definition) is 2. The molecule has 0 atom stereocenters. The van der Waals surface area contributed by atoms with Crippen molar-refractivity contribution in [1.82, 2.24) is 20.4 Å². The summed E-state index contributed by atoms with van der Waals surface area (Å²) in [7, 11) is 0. The van der Waals surface area contributed by atoms with E-state index >= 15 is 0 Å². The Balaban J connectivity index is 1.46. The van der Waals surface area contributed by atoms with E-state index < -0.39 is 24.5 Å². The Hall–Kier alpha value is -3.16. The lowest BCUT2D eigenvalue weighted by atomic mass is 9.96. The van der Waals surface area contributed by atoms with E-state index in [0.29, 0.717) is 5.56 Å². The Bertz CT molecular complexity index is 883. The van der Waals surface area contributed by atoms with Gasteiger partial charge < -0.3 is 10.1 Å². The summed E-state index contributed by atoms with van der Waals surface area (Å²) in [5, 5.41) is 9.37. The number of amides is 3. The molecule has 1 fully saturated rings. The van der Waals surface area contributed by atoms with Gasteiger partial charge in [-0.2, -0.15) is 5.10 Å². The second-order valence-corrected chi connectivity index (χ2v) is 7.32. The predicted octanol–water partition coefficient (Wildman–Crippen LogP) is 2.80. The van der Waals surface area contributed by atoms with Gasteiger partial charge in [0.15, 0.2) is 6.61 Å². The van der Waals surface area contributed by atoms with Gasteiger partial charge in [-0.3, -0.25) is 10.1 Å². The zero-order valence-electron chi connectivity index (χ0n) is 16.7. The first-order chi connectivity index (χ1) is 13.9. The van der Waals surface area contributed by atoms with Crippen LogP contribution < -0.4 is 10.6 Å². The van der Waals surface area contributed by atoms with Crippen LogP contribution in [0.3, 0.4) is 0 Å². The zero-order chi connectivity index (χ0) is 20.8. The molecule has 1 saturated carbocycles. The number of rotatable bonds is 5. The minimum atomic E-state index is -0.661. The van der Waals surface area contributed by atoms with Gasteiger partial charge >= 0.3 is 12.0 Å². The van der Waals surface area contributed by atoms with Crippen LogP contribution in [0.4, 0.5) is 4.79 Å². The molecular weight excluding hydrogens is 372 g/mol. The molecule has 0 aliphatic heterocycles. The van der Waals surface area contributed by atoms with E-state index in [0.717, 1.165) is 42.8 Å². The summed E-state index contributed by atoms with van der Waals surface area (Å²) in [6.45, 7) is 3.34. The standard InChI is InChI=1S/C21H26N4O4/c1-14-12-15(2)25(24-14)18-10-8-16(9-11-18)20(27)29-13-19(26)23-21(28)22-17-6-4-3-5-7-17/h8-12,17H,3-7,13H2,1-2H3,(H2,22,23,26,28). The van der Waals surface area contributed by atoms with Crippen molar-refractivity contribution in [2.75, 3.05) is 6.61 Å². The van der Waals surface area contributed by atoms with E-state index in [1.807, 2.05) is 19.9 Å². The number of carbonyl (C=O) groups excluding carboxylic acids is 3. The van der Waals surface area contributed by atoms with E-state index in [1.165, 1.54) is 6.42 Å². The van der Waals surface area contributed by atoms with Gasteiger partial charge in [-0.1, -0.05) is 19.3 Å². The van der Waals surface area contributed by atoms with Crippen LogP contribution >= 0.6 is 0 Å². The molecule has 3 rings (SSSR count). The lowest BCUT2D eigenvalue weighted by Gasteiger charge is -2.22. The van der Waals surface area contributed by atoms with E-state index in [9.17, 15) is 14.4 Å². The minimum Gasteiger partial charge on any atom is -0.452 e. The van der Waals surface area contributed by atoms with Crippen molar-refractivity contribution < 1.29 is 19.1 Å². The number of imide groups is 1. The van der Waals surface area contributed by atoms with E-state index in [1.54, 1.807) is 28.9 Å². The summed E-state index contributed by atoms with van der Waals surface area (Å²) in [4.78, 5) is 35.8. The molecule has 2 N–H and O–H groups in total. The summed E-state index contributed by atoms with van der Waals surface area (Å²) < 4.78 is 6.78. The highest BCUT2D eigenvalue weighted by Gasteiger charge is 2.18. The third-order valence-electron chi connectivity index (χ3n) is 4.88. The lowest BCUT2D eigenvalue weighted by Crippen LogP contribution is -2.46. The van der Waals surface area contributed by atoms with Gasteiger partial charge in [-0.25, -0.2) is 14.3 Å².